The highest BCUT2D eigenvalue weighted by Gasteiger charge is 2.50. The fourth-order valence-corrected chi connectivity index (χ4v) is 5.66. The molecule has 1 saturated heterocycles. The molecule has 1 unspecified atom stereocenters. The highest BCUT2D eigenvalue weighted by atomic mass is 31.2. The lowest BCUT2D eigenvalue weighted by atomic mass is 10.3. The Balaban J connectivity index is 2.34. The fourth-order valence-electron chi connectivity index (χ4n) is 2.48. The minimum absolute atomic E-state index is 0.368. The van der Waals surface area contributed by atoms with E-state index in [1.165, 1.54) is 13.8 Å². The molecule has 0 spiro atoms. The highest BCUT2D eigenvalue weighted by molar-refractivity contribution is 7.72. The van der Waals surface area contributed by atoms with Crippen LogP contribution in [0.3, 0.4) is 0 Å². The van der Waals surface area contributed by atoms with Gasteiger partial charge in [0.15, 0.2) is 13.0 Å². The third-order valence-electron chi connectivity index (χ3n) is 3.27. The summed E-state index contributed by atoms with van der Waals surface area (Å²) in [5.41, 5.74) is 0. The van der Waals surface area contributed by atoms with E-state index < -0.39 is 31.0 Å². The maximum atomic E-state index is 13.2. The number of ether oxygens (including phenoxy) is 2. The van der Waals surface area contributed by atoms with E-state index in [4.69, 9.17) is 9.47 Å². The molecule has 1 aliphatic rings. The van der Waals surface area contributed by atoms with E-state index in [0.717, 1.165) is 0 Å². The zero-order chi connectivity index (χ0) is 14.8. The van der Waals surface area contributed by atoms with Crippen LogP contribution in [0.4, 0.5) is 0 Å². The van der Waals surface area contributed by atoms with Crippen molar-refractivity contribution < 1.29 is 23.6 Å². The molecule has 0 radical (unpaired) electrons. The molecule has 1 aromatic carbocycles. The molecule has 0 aromatic heterocycles. The molecule has 0 saturated carbocycles. The smallest absolute Gasteiger partial charge is 0.303 e. The molecule has 0 amide bonds. The van der Waals surface area contributed by atoms with Gasteiger partial charge >= 0.3 is 11.9 Å². The van der Waals surface area contributed by atoms with Gasteiger partial charge in [-0.1, -0.05) is 30.3 Å². The first-order chi connectivity index (χ1) is 9.43. The molecule has 5 nitrogen and oxygen atoms in total. The van der Waals surface area contributed by atoms with E-state index in [0.29, 0.717) is 17.9 Å². The average Bonchev–Trinajstić information content (AvgIpc) is 2.69. The van der Waals surface area contributed by atoms with Crippen LogP contribution in [0.15, 0.2) is 30.3 Å². The number of rotatable bonds is 3. The zero-order valence-corrected chi connectivity index (χ0v) is 12.3. The van der Waals surface area contributed by atoms with Gasteiger partial charge < -0.3 is 14.0 Å². The van der Waals surface area contributed by atoms with Gasteiger partial charge in [0, 0.05) is 25.3 Å². The maximum absolute atomic E-state index is 13.2. The number of carbonyl (C=O) groups is 2. The normalized spacial score (nSPS) is 28.9. The Bertz CT molecular complexity index is 554. The van der Waals surface area contributed by atoms with Crippen molar-refractivity contribution >= 4 is 24.4 Å². The molecule has 1 fully saturated rings. The van der Waals surface area contributed by atoms with E-state index in [-0.39, 0.29) is 0 Å². The maximum Gasteiger partial charge on any atom is 0.303 e. The van der Waals surface area contributed by atoms with Crippen molar-refractivity contribution in [1.29, 1.82) is 0 Å². The first-order valence-electron chi connectivity index (χ1n) is 6.42. The molecule has 3 atom stereocenters. The second kappa shape index (κ2) is 5.80. The van der Waals surface area contributed by atoms with Gasteiger partial charge in [-0.3, -0.25) is 9.59 Å². The van der Waals surface area contributed by atoms with Crippen molar-refractivity contribution in [2.24, 2.45) is 0 Å². The standard InChI is InChI=1S/C14H17O5P/c1-10(15)18-13-8-9-20(17,14(13)19-11(2)16)12-6-4-3-5-7-12/h3-7,13-14H,8-9H2,1-2H3/t13-,14+,20?/m1/s1. The summed E-state index contributed by atoms with van der Waals surface area (Å²) in [6.45, 7) is 2.55. The van der Waals surface area contributed by atoms with Crippen LogP contribution < -0.4 is 5.30 Å². The van der Waals surface area contributed by atoms with Gasteiger partial charge in [0.05, 0.1) is 0 Å². The number of hydrogen-bond acceptors (Lipinski definition) is 5. The molecule has 6 heteroatoms. The Morgan fingerprint density at radius 3 is 2.25 bits per heavy atom. The van der Waals surface area contributed by atoms with E-state index >= 15 is 0 Å². The first kappa shape index (κ1) is 14.8. The summed E-state index contributed by atoms with van der Waals surface area (Å²) in [5.74, 6) is -1.87. The lowest BCUT2D eigenvalue weighted by Crippen LogP contribution is -2.31. The van der Waals surface area contributed by atoms with Crippen LogP contribution in [0.25, 0.3) is 0 Å². The minimum Gasteiger partial charge on any atom is -0.458 e. The Morgan fingerprint density at radius 1 is 1.10 bits per heavy atom. The van der Waals surface area contributed by atoms with Crippen LogP contribution in [-0.2, 0) is 23.6 Å². The second-order valence-corrected chi connectivity index (χ2v) is 7.86. The molecular formula is C14H17O5P. The summed E-state index contributed by atoms with van der Waals surface area (Å²) >= 11 is 0. The van der Waals surface area contributed by atoms with Crippen LogP contribution >= 0.6 is 7.14 Å². The minimum atomic E-state index is -2.92. The number of benzene rings is 1. The number of carbonyl (C=O) groups excluding carboxylic acids is 2. The van der Waals surface area contributed by atoms with Gasteiger partial charge in [-0.2, -0.15) is 0 Å². The molecule has 0 N–H and O–H groups in total. The number of esters is 2. The van der Waals surface area contributed by atoms with Crippen molar-refractivity contribution in [2.45, 2.75) is 32.2 Å². The van der Waals surface area contributed by atoms with Crippen LogP contribution in [0.5, 0.6) is 0 Å². The Morgan fingerprint density at radius 2 is 1.70 bits per heavy atom. The third kappa shape index (κ3) is 2.93. The van der Waals surface area contributed by atoms with Crippen molar-refractivity contribution in [1.82, 2.24) is 0 Å². The van der Waals surface area contributed by atoms with Crippen LogP contribution in [0.1, 0.15) is 20.3 Å². The fraction of sp³-hybridized carbons (Fsp3) is 0.429. The van der Waals surface area contributed by atoms with E-state index in [1.807, 2.05) is 6.07 Å². The molecule has 0 aliphatic carbocycles. The molecule has 0 bridgehead atoms. The van der Waals surface area contributed by atoms with Gasteiger partial charge in [0.2, 0.25) is 0 Å². The molecule has 108 valence electrons. The Hall–Kier alpha value is -1.61. The van der Waals surface area contributed by atoms with Crippen LogP contribution in [-0.4, -0.2) is 30.0 Å². The lowest BCUT2D eigenvalue weighted by molar-refractivity contribution is -0.158. The van der Waals surface area contributed by atoms with Crippen molar-refractivity contribution in [3.8, 4) is 0 Å². The largest absolute Gasteiger partial charge is 0.458 e. The first-order valence-corrected chi connectivity index (χ1v) is 8.38. The highest BCUT2D eigenvalue weighted by Crippen LogP contribution is 2.58. The molecule has 1 heterocycles. The van der Waals surface area contributed by atoms with Crippen molar-refractivity contribution in [3.63, 3.8) is 0 Å². The molecule has 20 heavy (non-hydrogen) atoms. The van der Waals surface area contributed by atoms with Gasteiger partial charge in [-0.25, -0.2) is 0 Å². The summed E-state index contributed by atoms with van der Waals surface area (Å²) in [5, 5.41) is 0.654. The van der Waals surface area contributed by atoms with Crippen LogP contribution in [0, 0.1) is 0 Å². The topological polar surface area (TPSA) is 69.7 Å². The number of hydrogen-bond donors (Lipinski definition) is 0. The van der Waals surface area contributed by atoms with Crippen molar-refractivity contribution in [3.05, 3.63) is 30.3 Å². The quantitative estimate of drug-likeness (QED) is 0.629. The summed E-state index contributed by atoms with van der Waals surface area (Å²) in [7, 11) is -2.92. The predicted octanol–water partition coefficient (Wildman–Crippen LogP) is 1.90. The summed E-state index contributed by atoms with van der Waals surface area (Å²) in [6, 6.07) is 8.93. The molecule has 2 rings (SSSR count). The van der Waals surface area contributed by atoms with E-state index in [2.05, 4.69) is 0 Å². The second-order valence-electron chi connectivity index (χ2n) is 4.79. The lowest BCUT2D eigenvalue weighted by Gasteiger charge is -2.24. The monoisotopic (exact) mass is 296 g/mol. The van der Waals surface area contributed by atoms with Crippen molar-refractivity contribution in [2.75, 3.05) is 6.16 Å². The Labute approximate surface area is 117 Å². The summed E-state index contributed by atoms with van der Waals surface area (Å²) < 4.78 is 23.6. The predicted molar refractivity (Wildman–Crippen MR) is 74.3 cm³/mol. The summed E-state index contributed by atoms with van der Waals surface area (Å²) in [6.07, 6.45) is 0.166. The molecule has 1 aromatic rings. The van der Waals surface area contributed by atoms with Crippen LogP contribution in [0.2, 0.25) is 0 Å². The summed E-state index contributed by atoms with van der Waals surface area (Å²) in [4.78, 5) is 22.4. The van der Waals surface area contributed by atoms with E-state index in [1.54, 1.807) is 24.3 Å². The van der Waals surface area contributed by atoms with Gasteiger partial charge in [0.25, 0.3) is 0 Å². The van der Waals surface area contributed by atoms with Gasteiger partial charge in [0.1, 0.15) is 6.10 Å². The average molecular weight is 296 g/mol. The molecular weight excluding hydrogens is 279 g/mol. The third-order valence-corrected chi connectivity index (χ3v) is 6.63. The van der Waals surface area contributed by atoms with Gasteiger partial charge in [-0.15, -0.1) is 0 Å². The zero-order valence-electron chi connectivity index (χ0n) is 11.4. The van der Waals surface area contributed by atoms with E-state index in [9.17, 15) is 14.2 Å². The molecule has 1 aliphatic heterocycles. The Kier molecular flexibility index (Phi) is 4.29. The SMILES string of the molecule is CC(=O)O[C@@H]1[C@H](OC(C)=O)CCP1(=O)c1ccccc1. The van der Waals surface area contributed by atoms with Gasteiger partial charge in [-0.05, 0) is 6.42 Å².